The lowest BCUT2D eigenvalue weighted by Crippen LogP contribution is -1.92. The minimum Gasteiger partial charge on any atom is -0.392 e. The van der Waals surface area contributed by atoms with Crippen LogP contribution in [0.2, 0.25) is 0 Å². The van der Waals surface area contributed by atoms with Gasteiger partial charge < -0.3 is 5.11 Å². The second-order valence-corrected chi connectivity index (χ2v) is 4.90. The first-order valence-corrected chi connectivity index (χ1v) is 6.62. The second-order valence-electron chi connectivity index (χ2n) is 3.92. The number of aromatic nitrogens is 3. The molecule has 1 aromatic carbocycles. The maximum Gasteiger partial charge on any atom is 0.117 e. The fourth-order valence-electron chi connectivity index (χ4n) is 1.79. The first-order chi connectivity index (χ1) is 9.38. The molecule has 4 nitrogen and oxygen atoms in total. The Kier molecular flexibility index (Phi) is 3.39. The highest BCUT2D eigenvalue weighted by molar-refractivity contribution is 7.99. The number of pyridine rings is 1. The number of hydrogen-bond donors (Lipinski definition) is 1. The maximum absolute atomic E-state index is 9.32. The van der Waals surface area contributed by atoms with Gasteiger partial charge in [0.1, 0.15) is 16.4 Å². The summed E-state index contributed by atoms with van der Waals surface area (Å²) < 4.78 is 0. The van der Waals surface area contributed by atoms with Crippen molar-refractivity contribution in [2.24, 2.45) is 0 Å². The number of rotatable bonds is 3. The minimum atomic E-state index is -0.0286. The van der Waals surface area contributed by atoms with Gasteiger partial charge in [0, 0.05) is 17.1 Å². The van der Waals surface area contributed by atoms with Crippen molar-refractivity contribution in [2.45, 2.75) is 16.7 Å². The van der Waals surface area contributed by atoms with Gasteiger partial charge >= 0.3 is 0 Å². The lowest BCUT2D eigenvalue weighted by molar-refractivity contribution is 0.278. The molecule has 5 heteroatoms. The summed E-state index contributed by atoms with van der Waals surface area (Å²) in [7, 11) is 0. The Labute approximate surface area is 114 Å². The van der Waals surface area contributed by atoms with E-state index in [0.29, 0.717) is 0 Å². The van der Waals surface area contributed by atoms with E-state index in [9.17, 15) is 5.11 Å². The molecular weight excluding hydrogens is 258 g/mol. The quantitative estimate of drug-likeness (QED) is 0.741. The Morgan fingerprint density at radius 1 is 0.947 bits per heavy atom. The van der Waals surface area contributed by atoms with Gasteiger partial charge in [-0.25, -0.2) is 15.0 Å². The molecule has 0 atom stereocenters. The van der Waals surface area contributed by atoms with Crippen LogP contribution in [0.4, 0.5) is 0 Å². The highest BCUT2D eigenvalue weighted by atomic mass is 32.2. The zero-order chi connectivity index (χ0) is 13.1. The van der Waals surface area contributed by atoms with Gasteiger partial charge in [-0.15, -0.1) is 0 Å². The molecule has 3 aromatic rings. The van der Waals surface area contributed by atoms with E-state index in [2.05, 4.69) is 15.0 Å². The van der Waals surface area contributed by atoms with Crippen LogP contribution in [0.3, 0.4) is 0 Å². The van der Waals surface area contributed by atoms with Crippen LogP contribution in [-0.2, 0) is 6.61 Å². The zero-order valence-corrected chi connectivity index (χ0v) is 10.8. The molecule has 19 heavy (non-hydrogen) atoms. The average Bonchev–Trinajstić information content (AvgIpc) is 2.48. The third-order valence-corrected chi connectivity index (χ3v) is 3.80. The molecule has 0 amide bonds. The van der Waals surface area contributed by atoms with Crippen LogP contribution in [0.15, 0.2) is 59.0 Å². The fourth-order valence-corrected chi connectivity index (χ4v) is 2.73. The van der Waals surface area contributed by atoms with E-state index in [-0.39, 0.29) is 6.61 Å². The summed E-state index contributed by atoms with van der Waals surface area (Å²) in [5, 5.41) is 11.9. The number of para-hydroxylation sites is 1. The van der Waals surface area contributed by atoms with Gasteiger partial charge in [-0.05, 0) is 23.9 Å². The van der Waals surface area contributed by atoms with Crippen LogP contribution in [0.25, 0.3) is 10.9 Å². The van der Waals surface area contributed by atoms with Crippen LogP contribution in [0.5, 0.6) is 0 Å². The largest absolute Gasteiger partial charge is 0.392 e. The van der Waals surface area contributed by atoms with E-state index < -0.39 is 0 Å². The summed E-state index contributed by atoms with van der Waals surface area (Å²) in [6.07, 6.45) is 3.26. The molecule has 94 valence electrons. The molecule has 0 bridgehead atoms. The fraction of sp³-hybridized carbons (Fsp3) is 0.0714. The number of hydrogen-bond acceptors (Lipinski definition) is 5. The van der Waals surface area contributed by atoms with Crippen molar-refractivity contribution >= 4 is 22.7 Å². The lowest BCUT2D eigenvalue weighted by atomic mass is 10.2. The Morgan fingerprint density at radius 2 is 1.84 bits per heavy atom. The van der Waals surface area contributed by atoms with Gasteiger partial charge in [-0.1, -0.05) is 24.3 Å². The van der Waals surface area contributed by atoms with E-state index in [0.717, 1.165) is 26.5 Å². The molecule has 0 saturated heterocycles. The lowest BCUT2D eigenvalue weighted by Gasteiger charge is -2.06. The number of aliphatic hydroxyl groups is 1. The van der Waals surface area contributed by atoms with Gasteiger partial charge in [0.2, 0.25) is 0 Å². The molecule has 0 saturated carbocycles. The van der Waals surface area contributed by atoms with Crippen molar-refractivity contribution in [2.75, 3.05) is 0 Å². The average molecular weight is 269 g/mol. The molecule has 0 unspecified atom stereocenters. The molecular formula is C14H11N3OS. The van der Waals surface area contributed by atoms with Crippen LogP contribution < -0.4 is 0 Å². The molecule has 0 spiro atoms. The monoisotopic (exact) mass is 269 g/mol. The summed E-state index contributed by atoms with van der Waals surface area (Å²) in [6.45, 7) is -0.0286. The van der Waals surface area contributed by atoms with Crippen molar-refractivity contribution < 1.29 is 5.11 Å². The smallest absolute Gasteiger partial charge is 0.117 e. The topological polar surface area (TPSA) is 58.9 Å². The van der Waals surface area contributed by atoms with Crippen molar-refractivity contribution in [1.29, 1.82) is 0 Å². The molecule has 0 radical (unpaired) electrons. The summed E-state index contributed by atoms with van der Waals surface area (Å²) in [4.78, 5) is 12.8. The van der Waals surface area contributed by atoms with Gasteiger partial charge in [-0.3, -0.25) is 0 Å². The first kappa shape index (κ1) is 12.1. The van der Waals surface area contributed by atoms with Crippen molar-refractivity contribution in [1.82, 2.24) is 15.0 Å². The van der Waals surface area contributed by atoms with E-state index in [1.165, 1.54) is 11.8 Å². The van der Waals surface area contributed by atoms with Gasteiger partial charge in [-0.2, -0.15) is 0 Å². The Balaban J connectivity index is 2.06. The number of nitrogens with zero attached hydrogens (tertiary/aromatic N) is 3. The molecule has 2 aromatic heterocycles. The number of fused-ring (bicyclic) bond motifs is 1. The number of benzene rings is 1. The maximum atomic E-state index is 9.32. The molecule has 0 aliphatic carbocycles. The highest BCUT2D eigenvalue weighted by Gasteiger charge is 2.09. The predicted octanol–water partition coefficient (Wildman–Crippen LogP) is 2.67. The van der Waals surface area contributed by atoms with E-state index in [4.69, 9.17) is 0 Å². The summed E-state index contributed by atoms with van der Waals surface area (Å²) in [5.41, 5.74) is 1.71. The highest BCUT2D eigenvalue weighted by Crippen LogP contribution is 2.31. The number of aliphatic hydroxyl groups excluding tert-OH is 1. The second kappa shape index (κ2) is 5.34. The van der Waals surface area contributed by atoms with E-state index >= 15 is 0 Å². The predicted molar refractivity (Wildman–Crippen MR) is 73.8 cm³/mol. The summed E-state index contributed by atoms with van der Waals surface area (Å²) in [5.74, 6) is 0. The Bertz CT molecular complexity index is 712. The summed E-state index contributed by atoms with van der Waals surface area (Å²) >= 11 is 1.45. The van der Waals surface area contributed by atoms with E-state index in [1.807, 2.05) is 36.4 Å². The van der Waals surface area contributed by atoms with Crippen molar-refractivity contribution in [3.05, 3.63) is 54.5 Å². The minimum absolute atomic E-state index is 0.0286. The summed E-state index contributed by atoms with van der Waals surface area (Å²) in [6, 6.07) is 11.5. The molecule has 1 N–H and O–H groups in total. The third kappa shape index (κ3) is 2.43. The van der Waals surface area contributed by atoms with Crippen molar-refractivity contribution in [3.8, 4) is 0 Å². The standard InChI is InChI=1S/C14H11N3OS/c18-8-10-4-3-7-15-13(10)19-14-11-5-1-2-6-12(11)16-9-17-14/h1-7,9,18H,8H2. The zero-order valence-electron chi connectivity index (χ0n) is 10.0. The van der Waals surface area contributed by atoms with Crippen LogP contribution in [0.1, 0.15) is 5.56 Å². The Morgan fingerprint density at radius 3 is 2.74 bits per heavy atom. The molecule has 3 rings (SSSR count). The molecule has 0 aliphatic heterocycles. The van der Waals surface area contributed by atoms with Gasteiger partial charge in [0.05, 0.1) is 12.1 Å². The van der Waals surface area contributed by atoms with Crippen LogP contribution in [0, 0.1) is 0 Å². The van der Waals surface area contributed by atoms with Crippen molar-refractivity contribution in [3.63, 3.8) is 0 Å². The molecule has 0 aliphatic rings. The first-order valence-electron chi connectivity index (χ1n) is 5.81. The molecule has 0 fully saturated rings. The van der Waals surface area contributed by atoms with Crippen LogP contribution >= 0.6 is 11.8 Å². The Hall–Kier alpha value is -1.98. The third-order valence-electron chi connectivity index (χ3n) is 2.72. The van der Waals surface area contributed by atoms with E-state index in [1.54, 1.807) is 12.5 Å². The van der Waals surface area contributed by atoms with Crippen LogP contribution in [-0.4, -0.2) is 20.1 Å². The van der Waals surface area contributed by atoms with Gasteiger partial charge in [0.25, 0.3) is 0 Å². The molecule has 2 heterocycles. The van der Waals surface area contributed by atoms with Gasteiger partial charge in [0.15, 0.2) is 0 Å². The normalized spacial score (nSPS) is 10.8. The SMILES string of the molecule is OCc1cccnc1Sc1ncnc2ccccc12.